The van der Waals surface area contributed by atoms with Crippen molar-refractivity contribution in [2.75, 3.05) is 13.2 Å². The Morgan fingerprint density at radius 2 is 1.93 bits per heavy atom. The van der Waals surface area contributed by atoms with Crippen molar-refractivity contribution in [1.82, 2.24) is 0 Å². The molecule has 0 saturated carbocycles. The molecule has 2 rings (SSSR count). The molecule has 0 spiro atoms. The Morgan fingerprint density at radius 1 is 1.19 bits per heavy atom. The third-order valence-corrected chi connectivity index (χ3v) is 3.96. The van der Waals surface area contributed by atoms with Gasteiger partial charge in [0.15, 0.2) is 0 Å². The number of hydrogen-bond acceptors (Lipinski definition) is 4. The molecule has 0 aromatic heterocycles. The fraction of sp³-hybridized carbons (Fsp3) is 0.273. The summed E-state index contributed by atoms with van der Waals surface area (Å²) in [6.45, 7) is 7.09. The van der Waals surface area contributed by atoms with Crippen LogP contribution in [0.1, 0.15) is 36.5 Å². The summed E-state index contributed by atoms with van der Waals surface area (Å²) in [4.78, 5) is 11.1. The summed E-state index contributed by atoms with van der Waals surface area (Å²) >= 11 is 0. The lowest BCUT2D eigenvalue weighted by Crippen LogP contribution is -2.12. The molecular weight excluding hydrogens is 340 g/mol. The Labute approximate surface area is 160 Å². The predicted octanol–water partition coefficient (Wildman–Crippen LogP) is 3.97. The Hall–Kier alpha value is -3.26. The van der Waals surface area contributed by atoms with E-state index in [4.69, 9.17) is 20.5 Å². The van der Waals surface area contributed by atoms with Crippen LogP contribution >= 0.6 is 0 Å². The van der Waals surface area contributed by atoms with Crippen LogP contribution < -0.4 is 15.2 Å². The summed E-state index contributed by atoms with van der Waals surface area (Å²) in [6, 6.07) is 15.1. The average Bonchev–Trinajstić information content (AvgIpc) is 2.63. The number of aryl methyl sites for hydroxylation is 1. The van der Waals surface area contributed by atoms with E-state index in [9.17, 15) is 4.79 Å². The van der Waals surface area contributed by atoms with E-state index < -0.39 is 5.91 Å². The zero-order valence-corrected chi connectivity index (χ0v) is 15.9. The van der Waals surface area contributed by atoms with Crippen molar-refractivity contribution < 1.29 is 14.3 Å². The highest BCUT2D eigenvalue weighted by Gasteiger charge is 2.08. The monoisotopic (exact) mass is 364 g/mol. The summed E-state index contributed by atoms with van der Waals surface area (Å²) in [5.74, 6) is 1.13. The number of nitrogens with zero attached hydrogens (tertiary/aromatic N) is 1. The number of ether oxygens (including phenoxy) is 2. The molecule has 0 bridgehead atoms. The van der Waals surface area contributed by atoms with Crippen LogP contribution in [0.4, 0.5) is 0 Å². The quantitative estimate of drug-likeness (QED) is 0.436. The Morgan fingerprint density at radius 3 is 2.59 bits per heavy atom. The molecule has 0 atom stereocenters. The number of amides is 1. The first kappa shape index (κ1) is 20.1. The number of primary amides is 1. The second-order valence-electron chi connectivity index (χ2n) is 6.50. The van der Waals surface area contributed by atoms with Crippen LogP contribution in [0.25, 0.3) is 6.08 Å². The van der Waals surface area contributed by atoms with E-state index in [1.165, 1.54) is 11.6 Å². The maximum absolute atomic E-state index is 11.1. The lowest BCUT2D eigenvalue weighted by molar-refractivity contribution is -0.114. The van der Waals surface area contributed by atoms with Crippen molar-refractivity contribution in [2.24, 2.45) is 5.73 Å². The molecule has 27 heavy (non-hydrogen) atoms. The van der Waals surface area contributed by atoms with Crippen LogP contribution in [0.3, 0.4) is 0 Å². The van der Waals surface area contributed by atoms with Gasteiger partial charge in [-0.25, -0.2) is 0 Å². The van der Waals surface area contributed by atoms with Gasteiger partial charge in [0, 0.05) is 0 Å². The highest BCUT2D eigenvalue weighted by Crippen LogP contribution is 2.27. The molecule has 0 saturated heterocycles. The molecule has 5 nitrogen and oxygen atoms in total. The summed E-state index contributed by atoms with van der Waals surface area (Å²) < 4.78 is 11.6. The maximum Gasteiger partial charge on any atom is 0.259 e. The number of carbonyl (C=O) groups excluding carboxylic acids is 1. The van der Waals surface area contributed by atoms with Crippen LogP contribution in [0.2, 0.25) is 0 Å². The SMILES string of the molecule is Cc1ccc(C(C)C)c(OCCOc2cccc(/C=C(\C#N)C(N)=O)c2)c1. The molecule has 0 radical (unpaired) electrons. The molecule has 1 amide bonds. The van der Waals surface area contributed by atoms with E-state index in [0.717, 1.165) is 11.3 Å². The second kappa shape index (κ2) is 9.44. The molecule has 140 valence electrons. The summed E-state index contributed by atoms with van der Waals surface area (Å²) in [5, 5.41) is 8.92. The topological polar surface area (TPSA) is 85.3 Å². The number of rotatable bonds is 8. The molecule has 0 heterocycles. The third-order valence-electron chi connectivity index (χ3n) is 3.96. The first-order chi connectivity index (χ1) is 12.9. The van der Waals surface area contributed by atoms with E-state index in [2.05, 4.69) is 26.0 Å². The molecule has 2 aromatic carbocycles. The molecule has 5 heteroatoms. The Kier molecular flexibility index (Phi) is 7.01. The van der Waals surface area contributed by atoms with Crippen molar-refractivity contribution in [3.05, 3.63) is 64.7 Å². The van der Waals surface area contributed by atoms with Gasteiger partial charge < -0.3 is 15.2 Å². The minimum Gasteiger partial charge on any atom is -0.490 e. The maximum atomic E-state index is 11.1. The molecule has 2 aromatic rings. The fourth-order valence-corrected chi connectivity index (χ4v) is 2.57. The van der Waals surface area contributed by atoms with E-state index in [1.54, 1.807) is 30.3 Å². The number of nitriles is 1. The van der Waals surface area contributed by atoms with Gasteiger partial charge in [-0.15, -0.1) is 0 Å². The summed E-state index contributed by atoms with van der Waals surface area (Å²) in [7, 11) is 0. The summed E-state index contributed by atoms with van der Waals surface area (Å²) in [6.07, 6.45) is 1.44. The zero-order chi connectivity index (χ0) is 19.8. The highest BCUT2D eigenvalue weighted by molar-refractivity contribution is 6.00. The van der Waals surface area contributed by atoms with Gasteiger partial charge in [0.1, 0.15) is 36.4 Å². The van der Waals surface area contributed by atoms with Crippen molar-refractivity contribution in [3.8, 4) is 17.6 Å². The molecule has 0 fully saturated rings. The van der Waals surface area contributed by atoms with E-state index in [0.29, 0.717) is 30.4 Å². The minimum absolute atomic E-state index is 0.101. The summed E-state index contributed by atoms with van der Waals surface area (Å²) in [5.41, 5.74) is 8.04. The lowest BCUT2D eigenvalue weighted by Gasteiger charge is -2.15. The van der Waals surface area contributed by atoms with Gasteiger partial charge in [-0.2, -0.15) is 5.26 Å². The van der Waals surface area contributed by atoms with Gasteiger partial charge in [0.2, 0.25) is 0 Å². The van der Waals surface area contributed by atoms with Crippen molar-refractivity contribution in [2.45, 2.75) is 26.7 Å². The zero-order valence-electron chi connectivity index (χ0n) is 15.9. The van der Waals surface area contributed by atoms with Gasteiger partial charge >= 0.3 is 0 Å². The molecular formula is C22H24N2O3. The van der Waals surface area contributed by atoms with Gasteiger partial charge in [-0.3, -0.25) is 4.79 Å². The van der Waals surface area contributed by atoms with Crippen molar-refractivity contribution >= 4 is 12.0 Å². The number of carbonyl (C=O) groups is 1. The van der Waals surface area contributed by atoms with Gasteiger partial charge in [-0.05, 0) is 53.8 Å². The number of nitrogens with two attached hydrogens (primary N) is 1. The third kappa shape index (κ3) is 5.89. The Balaban J connectivity index is 1.97. The average molecular weight is 364 g/mol. The molecule has 0 aliphatic carbocycles. The second-order valence-corrected chi connectivity index (χ2v) is 6.50. The first-order valence-corrected chi connectivity index (χ1v) is 8.78. The predicted molar refractivity (Wildman–Crippen MR) is 105 cm³/mol. The molecule has 0 aliphatic rings. The van der Waals surface area contributed by atoms with Crippen LogP contribution in [0.15, 0.2) is 48.0 Å². The molecule has 0 unspecified atom stereocenters. The Bertz CT molecular complexity index is 879. The van der Waals surface area contributed by atoms with Crippen LogP contribution in [-0.4, -0.2) is 19.1 Å². The van der Waals surface area contributed by atoms with Crippen LogP contribution in [0.5, 0.6) is 11.5 Å². The van der Waals surface area contributed by atoms with Crippen LogP contribution in [0, 0.1) is 18.3 Å². The minimum atomic E-state index is -0.753. The largest absolute Gasteiger partial charge is 0.490 e. The normalized spacial score (nSPS) is 11.1. The molecule has 0 aliphatic heterocycles. The van der Waals surface area contributed by atoms with Crippen LogP contribution in [-0.2, 0) is 4.79 Å². The molecule has 2 N–H and O–H groups in total. The van der Waals surface area contributed by atoms with Crippen molar-refractivity contribution in [3.63, 3.8) is 0 Å². The highest BCUT2D eigenvalue weighted by atomic mass is 16.5. The number of benzene rings is 2. The van der Waals surface area contributed by atoms with Gasteiger partial charge in [-0.1, -0.05) is 38.1 Å². The number of hydrogen-bond donors (Lipinski definition) is 1. The van der Waals surface area contributed by atoms with Crippen molar-refractivity contribution in [1.29, 1.82) is 5.26 Å². The van der Waals surface area contributed by atoms with E-state index in [-0.39, 0.29) is 5.57 Å². The standard InChI is InChI=1S/C22H24N2O3/c1-15(2)20-8-7-16(3)11-21(20)27-10-9-26-19-6-4-5-17(13-19)12-18(14-23)22(24)25/h4-8,11-13,15H,9-10H2,1-3H3,(H2,24,25)/b18-12+. The lowest BCUT2D eigenvalue weighted by atomic mass is 10.0. The van der Waals surface area contributed by atoms with E-state index in [1.807, 2.05) is 13.0 Å². The fourth-order valence-electron chi connectivity index (χ4n) is 2.57. The smallest absolute Gasteiger partial charge is 0.259 e. The van der Waals surface area contributed by atoms with E-state index >= 15 is 0 Å². The van der Waals surface area contributed by atoms with Gasteiger partial charge in [0.25, 0.3) is 5.91 Å². The van der Waals surface area contributed by atoms with Gasteiger partial charge in [0.05, 0.1) is 0 Å². The first-order valence-electron chi connectivity index (χ1n) is 8.78.